The van der Waals surface area contributed by atoms with E-state index in [9.17, 15) is 0 Å². The average Bonchev–Trinajstić information content (AvgIpc) is 2.63. The molecule has 4 nitrogen and oxygen atoms in total. The first-order chi connectivity index (χ1) is 6.84. The van der Waals surface area contributed by atoms with E-state index in [4.69, 9.17) is 4.42 Å². The highest BCUT2D eigenvalue weighted by molar-refractivity contribution is 5.20. The van der Waals surface area contributed by atoms with Crippen LogP contribution in [0.3, 0.4) is 0 Å². The molecule has 1 fully saturated rings. The van der Waals surface area contributed by atoms with Crippen LogP contribution in [-0.2, 0) is 0 Å². The zero-order chi connectivity index (χ0) is 9.80. The molecule has 1 aromatic heterocycles. The summed E-state index contributed by atoms with van der Waals surface area (Å²) in [5.41, 5.74) is 0. The van der Waals surface area contributed by atoms with Crippen LogP contribution in [0.15, 0.2) is 10.6 Å². The molecule has 1 unspecified atom stereocenters. The van der Waals surface area contributed by atoms with Crippen LogP contribution in [0, 0.1) is 6.92 Å². The molecule has 1 aliphatic rings. The van der Waals surface area contributed by atoms with Gasteiger partial charge in [0.15, 0.2) is 0 Å². The van der Waals surface area contributed by atoms with Crippen molar-refractivity contribution >= 4 is 6.01 Å². The Morgan fingerprint density at radius 1 is 1.64 bits per heavy atom. The molecule has 0 aliphatic carbocycles. The third-order valence-electron chi connectivity index (χ3n) is 2.53. The summed E-state index contributed by atoms with van der Waals surface area (Å²) in [6.45, 7) is 3.94. The van der Waals surface area contributed by atoms with Crippen LogP contribution in [-0.4, -0.2) is 24.1 Å². The molecule has 0 bridgehead atoms. The second kappa shape index (κ2) is 4.46. The molecule has 1 aromatic rings. The van der Waals surface area contributed by atoms with E-state index in [1.54, 1.807) is 6.20 Å². The molecular weight excluding hydrogens is 178 g/mol. The number of piperidine rings is 1. The lowest BCUT2D eigenvalue weighted by Crippen LogP contribution is -2.39. The Labute approximate surface area is 84.1 Å². The van der Waals surface area contributed by atoms with Crippen molar-refractivity contribution in [1.82, 2.24) is 10.3 Å². The second-order valence-corrected chi connectivity index (χ2v) is 3.80. The van der Waals surface area contributed by atoms with E-state index in [1.807, 2.05) is 6.92 Å². The van der Waals surface area contributed by atoms with Crippen molar-refractivity contribution in [2.45, 2.75) is 32.2 Å². The molecule has 1 atom stereocenters. The zero-order valence-corrected chi connectivity index (χ0v) is 8.55. The van der Waals surface area contributed by atoms with Gasteiger partial charge < -0.3 is 15.1 Å². The first kappa shape index (κ1) is 9.52. The van der Waals surface area contributed by atoms with Gasteiger partial charge in [0.25, 0.3) is 6.01 Å². The number of anilines is 1. The topological polar surface area (TPSA) is 50.1 Å². The van der Waals surface area contributed by atoms with Gasteiger partial charge in [0.05, 0.1) is 6.20 Å². The summed E-state index contributed by atoms with van der Waals surface area (Å²) in [6, 6.07) is 1.20. The summed E-state index contributed by atoms with van der Waals surface area (Å²) in [6.07, 6.45) is 5.60. The van der Waals surface area contributed by atoms with Crippen LogP contribution in [0.2, 0.25) is 0 Å². The van der Waals surface area contributed by atoms with Gasteiger partial charge in [0, 0.05) is 12.6 Å². The van der Waals surface area contributed by atoms with Gasteiger partial charge >= 0.3 is 0 Å². The highest BCUT2D eigenvalue weighted by Crippen LogP contribution is 2.10. The highest BCUT2D eigenvalue weighted by Gasteiger charge is 2.12. The molecule has 0 amide bonds. The average molecular weight is 195 g/mol. The fourth-order valence-corrected chi connectivity index (χ4v) is 1.75. The Balaban J connectivity index is 1.76. The molecule has 0 radical (unpaired) electrons. The summed E-state index contributed by atoms with van der Waals surface area (Å²) >= 11 is 0. The fourth-order valence-electron chi connectivity index (χ4n) is 1.75. The van der Waals surface area contributed by atoms with E-state index < -0.39 is 0 Å². The maximum absolute atomic E-state index is 5.32. The van der Waals surface area contributed by atoms with Gasteiger partial charge in [-0.05, 0) is 26.3 Å². The van der Waals surface area contributed by atoms with Crippen molar-refractivity contribution in [1.29, 1.82) is 0 Å². The van der Waals surface area contributed by atoms with Crippen molar-refractivity contribution in [3.05, 3.63) is 12.0 Å². The van der Waals surface area contributed by atoms with Gasteiger partial charge in [-0.2, -0.15) is 0 Å². The molecular formula is C10H17N3O. The Hall–Kier alpha value is -1.03. The largest absolute Gasteiger partial charge is 0.429 e. The maximum atomic E-state index is 5.32. The first-order valence-electron chi connectivity index (χ1n) is 5.24. The molecule has 2 heterocycles. The van der Waals surface area contributed by atoms with Gasteiger partial charge in [-0.15, -0.1) is 0 Å². The lowest BCUT2D eigenvalue weighted by Gasteiger charge is -2.23. The van der Waals surface area contributed by atoms with E-state index in [0.29, 0.717) is 12.1 Å². The normalized spacial score (nSPS) is 22.2. The van der Waals surface area contributed by atoms with Gasteiger partial charge in [-0.1, -0.05) is 6.42 Å². The molecule has 2 rings (SSSR count). The monoisotopic (exact) mass is 195 g/mol. The maximum Gasteiger partial charge on any atom is 0.294 e. The van der Waals surface area contributed by atoms with Crippen LogP contribution in [0.4, 0.5) is 6.01 Å². The van der Waals surface area contributed by atoms with E-state index in [0.717, 1.165) is 18.8 Å². The van der Waals surface area contributed by atoms with Gasteiger partial charge in [0.2, 0.25) is 0 Å². The first-order valence-corrected chi connectivity index (χ1v) is 5.24. The molecule has 0 spiro atoms. The third-order valence-corrected chi connectivity index (χ3v) is 2.53. The number of nitrogens with one attached hydrogen (secondary N) is 2. The Morgan fingerprint density at radius 3 is 3.21 bits per heavy atom. The molecule has 0 aromatic carbocycles. The molecule has 14 heavy (non-hydrogen) atoms. The summed E-state index contributed by atoms with van der Waals surface area (Å²) in [7, 11) is 0. The second-order valence-electron chi connectivity index (χ2n) is 3.80. The van der Waals surface area contributed by atoms with Crippen molar-refractivity contribution in [3.63, 3.8) is 0 Å². The van der Waals surface area contributed by atoms with Crippen molar-refractivity contribution in [3.8, 4) is 0 Å². The summed E-state index contributed by atoms with van der Waals surface area (Å²) in [5, 5.41) is 6.66. The van der Waals surface area contributed by atoms with Crippen LogP contribution >= 0.6 is 0 Å². The molecule has 0 saturated carbocycles. The van der Waals surface area contributed by atoms with Gasteiger partial charge in [-0.3, -0.25) is 0 Å². The van der Waals surface area contributed by atoms with E-state index in [2.05, 4.69) is 15.6 Å². The number of aromatic nitrogens is 1. The molecule has 78 valence electrons. The molecule has 1 aliphatic heterocycles. The van der Waals surface area contributed by atoms with Crippen molar-refractivity contribution in [2.24, 2.45) is 0 Å². The predicted molar refractivity (Wildman–Crippen MR) is 55.4 cm³/mol. The Bertz CT molecular complexity index is 279. The predicted octanol–water partition coefficient (Wildman–Crippen LogP) is 1.54. The summed E-state index contributed by atoms with van der Waals surface area (Å²) in [5.74, 6) is 0.851. The SMILES string of the molecule is Cc1cnc(NCC2CCCCN2)o1. The van der Waals surface area contributed by atoms with Crippen LogP contribution < -0.4 is 10.6 Å². The summed E-state index contributed by atoms with van der Waals surface area (Å²) < 4.78 is 5.32. The lowest BCUT2D eigenvalue weighted by atomic mass is 10.1. The van der Waals surface area contributed by atoms with Crippen LogP contribution in [0.5, 0.6) is 0 Å². The zero-order valence-electron chi connectivity index (χ0n) is 8.55. The Kier molecular flexibility index (Phi) is 3.03. The Morgan fingerprint density at radius 2 is 2.57 bits per heavy atom. The summed E-state index contributed by atoms with van der Waals surface area (Å²) in [4.78, 5) is 4.09. The molecule has 2 N–H and O–H groups in total. The minimum absolute atomic E-state index is 0.566. The molecule has 4 heteroatoms. The number of hydrogen-bond acceptors (Lipinski definition) is 4. The smallest absolute Gasteiger partial charge is 0.294 e. The van der Waals surface area contributed by atoms with Gasteiger partial charge in [0.1, 0.15) is 5.76 Å². The third kappa shape index (κ3) is 2.48. The minimum atomic E-state index is 0.566. The van der Waals surface area contributed by atoms with E-state index in [-0.39, 0.29) is 0 Å². The standard InChI is InChI=1S/C10H17N3O/c1-8-6-12-10(14-8)13-7-9-4-2-3-5-11-9/h6,9,11H,2-5,7H2,1H3,(H,12,13). The number of hydrogen-bond donors (Lipinski definition) is 2. The van der Waals surface area contributed by atoms with Crippen molar-refractivity contribution in [2.75, 3.05) is 18.4 Å². The van der Waals surface area contributed by atoms with Crippen LogP contribution in [0.25, 0.3) is 0 Å². The number of oxazole rings is 1. The molecule has 1 saturated heterocycles. The van der Waals surface area contributed by atoms with Crippen molar-refractivity contribution < 1.29 is 4.42 Å². The van der Waals surface area contributed by atoms with E-state index in [1.165, 1.54) is 19.3 Å². The quantitative estimate of drug-likeness (QED) is 0.768. The minimum Gasteiger partial charge on any atom is -0.429 e. The fraction of sp³-hybridized carbons (Fsp3) is 0.700. The van der Waals surface area contributed by atoms with Gasteiger partial charge in [-0.25, -0.2) is 4.98 Å². The van der Waals surface area contributed by atoms with Crippen LogP contribution in [0.1, 0.15) is 25.0 Å². The number of nitrogens with zero attached hydrogens (tertiary/aromatic N) is 1. The lowest BCUT2D eigenvalue weighted by molar-refractivity contribution is 0.410. The van der Waals surface area contributed by atoms with E-state index >= 15 is 0 Å². The highest BCUT2D eigenvalue weighted by atomic mass is 16.4. The number of rotatable bonds is 3. The number of aryl methyl sites for hydroxylation is 1.